The first-order valence-electron chi connectivity index (χ1n) is 10.0. The Hall–Kier alpha value is -2.60. The Morgan fingerprint density at radius 3 is 2.67 bits per heavy atom. The Kier molecular flexibility index (Phi) is 6.65. The molecule has 27 heavy (non-hydrogen) atoms. The van der Waals surface area contributed by atoms with E-state index in [0.717, 1.165) is 18.8 Å². The van der Waals surface area contributed by atoms with Crippen molar-refractivity contribution in [3.05, 3.63) is 64.7 Å². The van der Waals surface area contributed by atoms with Crippen molar-refractivity contribution >= 4 is 5.97 Å². The van der Waals surface area contributed by atoms with Crippen LogP contribution in [0.1, 0.15) is 72.5 Å². The van der Waals surface area contributed by atoms with Crippen LogP contribution in [0.15, 0.2) is 42.5 Å². The van der Waals surface area contributed by atoms with Crippen LogP contribution in [0, 0.1) is 17.2 Å². The average molecular weight is 361 g/mol. The first-order valence-corrected chi connectivity index (χ1v) is 10.0. The zero-order valence-electron chi connectivity index (χ0n) is 16.0. The van der Waals surface area contributed by atoms with E-state index >= 15 is 0 Å². The van der Waals surface area contributed by atoms with Gasteiger partial charge in [-0.2, -0.15) is 5.26 Å². The number of esters is 1. The molecule has 0 amide bonds. The van der Waals surface area contributed by atoms with Crippen molar-refractivity contribution in [2.45, 2.75) is 58.3 Å². The number of benzene rings is 2. The highest BCUT2D eigenvalue weighted by atomic mass is 16.5. The summed E-state index contributed by atoms with van der Waals surface area (Å²) in [6.07, 6.45) is 10.0. The second-order valence-electron chi connectivity index (χ2n) is 7.47. The van der Waals surface area contributed by atoms with Gasteiger partial charge in [-0.15, -0.1) is 0 Å². The van der Waals surface area contributed by atoms with Gasteiger partial charge < -0.3 is 4.74 Å². The molecule has 0 aromatic heterocycles. The lowest BCUT2D eigenvalue weighted by atomic mass is 9.81. The summed E-state index contributed by atoms with van der Waals surface area (Å²) in [6.45, 7) is 2.25. The molecule has 0 radical (unpaired) electrons. The van der Waals surface area contributed by atoms with E-state index in [2.05, 4.69) is 19.1 Å². The highest BCUT2D eigenvalue weighted by Crippen LogP contribution is 2.30. The second-order valence-corrected chi connectivity index (χ2v) is 7.47. The number of unbranched alkanes of at least 4 members (excludes halogenated alkanes) is 3. The van der Waals surface area contributed by atoms with Crippen molar-refractivity contribution in [2.24, 2.45) is 5.92 Å². The van der Waals surface area contributed by atoms with E-state index in [-0.39, 0.29) is 5.97 Å². The number of rotatable bonds is 7. The van der Waals surface area contributed by atoms with Crippen molar-refractivity contribution in [1.29, 1.82) is 5.26 Å². The Balaban J connectivity index is 1.59. The van der Waals surface area contributed by atoms with Crippen molar-refractivity contribution in [2.75, 3.05) is 0 Å². The van der Waals surface area contributed by atoms with Crippen molar-refractivity contribution in [3.8, 4) is 11.8 Å². The molecule has 140 valence electrons. The normalized spacial score (nSPS) is 15.6. The number of nitriles is 1. The molecule has 0 spiro atoms. The number of carbonyl (C=O) groups is 1. The second kappa shape index (κ2) is 9.37. The van der Waals surface area contributed by atoms with Gasteiger partial charge in [-0.1, -0.05) is 45.1 Å². The van der Waals surface area contributed by atoms with E-state index in [1.54, 1.807) is 24.3 Å². The zero-order valence-corrected chi connectivity index (χ0v) is 16.0. The Labute approximate surface area is 162 Å². The Morgan fingerprint density at radius 2 is 1.93 bits per heavy atom. The molecule has 3 nitrogen and oxygen atoms in total. The van der Waals surface area contributed by atoms with E-state index < -0.39 is 0 Å². The predicted octanol–water partition coefficient (Wildman–Crippen LogP) is 5.85. The monoisotopic (exact) mass is 361 g/mol. The summed E-state index contributed by atoms with van der Waals surface area (Å²) < 4.78 is 5.44. The van der Waals surface area contributed by atoms with Gasteiger partial charge in [0.1, 0.15) is 5.75 Å². The van der Waals surface area contributed by atoms with Crippen LogP contribution in [-0.4, -0.2) is 5.97 Å². The first-order chi connectivity index (χ1) is 13.2. The summed E-state index contributed by atoms with van der Waals surface area (Å²) >= 11 is 0. The van der Waals surface area contributed by atoms with Gasteiger partial charge in [0.2, 0.25) is 0 Å². The summed E-state index contributed by atoms with van der Waals surface area (Å²) in [6, 6.07) is 14.6. The summed E-state index contributed by atoms with van der Waals surface area (Å²) in [4.78, 5) is 12.4. The van der Waals surface area contributed by atoms with Crippen LogP contribution >= 0.6 is 0 Å². The molecule has 0 saturated heterocycles. The van der Waals surface area contributed by atoms with Gasteiger partial charge in [-0.3, -0.25) is 0 Å². The summed E-state index contributed by atoms with van der Waals surface area (Å²) in [5.41, 5.74) is 3.82. The molecule has 1 aliphatic carbocycles. The standard InChI is InChI=1S/C24H27NO2/c1-2-3-4-5-6-18-7-10-21-16-22(12-11-20(21)15-18)24(26)27-23-13-8-19(17-25)9-14-23/h8-9,11-14,16,18H,2-7,10,15H2,1H3. The lowest BCUT2D eigenvalue weighted by Gasteiger charge is -2.25. The van der Waals surface area contributed by atoms with Crippen LogP contribution in [-0.2, 0) is 12.8 Å². The van der Waals surface area contributed by atoms with Crippen molar-refractivity contribution < 1.29 is 9.53 Å². The molecule has 2 aromatic carbocycles. The SMILES string of the molecule is CCCCCCC1CCc2cc(C(=O)Oc3ccc(C#N)cc3)ccc2C1. The molecule has 1 unspecified atom stereocenters. The molecule has 0 aliphatic heterocycles. The lowest BCUT2D eigenvalue weighted by Crippen LogP contribution is -2.16. The number of aryl methyl sites for hydroxylation is 1. The van der Waals surface area contributed by atoms with E-state index in [0.29, 0.717) is 16.9 Å². The van der Waals surface area contributed by atoms with Crippen LogP contribution in [0.25, 0.3) is 0 Å². The maximum absolute atomic E-state index is 12.4. The van der Waals surface area contributed by atoms with Crippen molar-refractivity contribution in [1.82, 2.24) is 0 Å². The van der Waals surface area contributed by atoms with Gasteiger partial charge in [0, 0.05) is 0 Å². The zero-order chi connectivity index (χ0) is 19.1. The third-order valence-electron chi connectivity index (χ3n) is 5.43. The van der Waals surface area contributed by atoms with Crippen molar-refractivity contribution in [3.63, 3.8) is 0 Å². The summed E-state index contributed by atoms with van der Waals surface area (Å²) in [5.74, 6) is 0.902. The maximum Gasteiger partial charge on any atom is 0.343 e. The molecule has 3 rings (SSSR count). The average Bonchev–Trinajstić information content (AvgIpc) is 2.71. The lowest BCUT2D eigenvalue weighted by molar-refractivity contribution is 0.0734. The smallest absolute Gasteiger partial charge is 0.343 e. The minimum Gasteiger partial charge on any atom is -0.423 e. The molecule has 0 N–H and O–H groups in total. The largest absolute Gasteiger partial charge is 0.423 e. The summed E-state index contributed by atoms with van der Waals surface area (Å²) in [7, 11) is 0. The van der Waals surface area contributed by atoms with E-state index in [1.165, 1.54) is 49.7 Å². The van der Waals surface area contributed by atoms with E-state index in [1.807, 2.05) is 12.1 Å². The topological polar surface area (TPSA) is 50.1 Å². The fraction of sp³-hybridized carbons (Fsp3) is 0.417. The van der Waals surface area contributed by atoms with Gasteiger partial charge in [-0.25, -0.2) is 4.79 Å². The summed E-state index contributed by atoms with van der Waals surface area (Å²) in [5, 5.41) is 8.83. The van der Waals surface area contributed by atoms with Gasteiger partial charge in [0.15, 0.2) is 0 Å². The highest BCUT2D eigenvalue weighted by Gasteiger charge is 2.20. The third-order valence-corrected chi connectivity index (χ3v) is 5.43. The van der Waals surface area contributed by atoms with Gasteiger partial charge in [0.25, 0.3) is 0 Å². The minimum atomic E-state index is -0.343. The molecule has 0 saturated carbocycles. The molecule has 1 aliphatic rings. The molecule has 0 fully saturated rings. The molecule has 0 bridgehead atoms. The quantitative estimate of drug-likeness (QED) is 0.353. The first kappa shape index (κ1) is 19.2. The van der Waals surface area contributed by atoms with Crippen LogP contribution in [0.3, 0.4) is 0 Å². The number of carbonyl (C=O) groups excluding carboxylic acids is 1. The highest BCUT2D eigenvalue weighted by molar-refractivity contribution is 5.91. The number of fused-ring (bicyclic) bond motifs is 1. The van der Waals surface area contributed by atoms with Gasteiger partial charge >= 0.3 is 5.97 Å². The molecular formula is C24H27NO2. The number of nitrogens with zero attached hydrogens (tertiary/aromatic N) is 1. The fourth-order valence-corrected chi connectivity index (χ4v) is 3.83. The molecule has 1 atom stereocenters. The molecular weight excluding hydrogens is 334 g/mol. The predicted molar refractivity (Wildman–Crippen MR) is 107 cm³/mol. The van der Waals surface area contributed by atoms with Crippen LogP contribution < -0.4 is 4.74 Å². The number of ether oxygens (including phenoxy) is 1. The number of hydrogen-bond acceptors (Lipinski definition) is 3. The van der Waals surface area contributed by atoms with Crippen LogP contribution in [0.4, 0.5) is 0 Å². The third kappa shape index (κ3) is 5.20. The molecule has 0 heterocycles. The maximum atomic E-state index is 12.4. The Bertz CT molecular complexity index is 817. The Morgan fingerprint density at radius 1 is 1.11 bits per heavy atom. The minimum absolute atomic E-state index is 0.343. The van der Waals surface area contributed by atoms with Gasteiger partial charge in [-0.05, 0) is 72.7 Å². The molecule has 3 heteroatoms. The van der Waals surface area contributed by atoms with Crippen LogP contribution in [0.2, 0.25) is 0 Å². The fourth-order valence-electron chi connectivity index (χ4n) is 3.83. The van der Waals surface area contributed by atoms with E-state index in [9.17, 15) is 4.79 Å². The number of hydrogen-bond donors (Lipinski definition) is 0. The van der Waals surface area contributed by atoms with E-state index in [4.69, 9.17) is 10.00 Å². The van der Waals surface area contributed by atoms with Gasteiger partial charge in [0.05, 0.1) is 17.2 Å². The van der Waals surface area contributed by atoms with Crippen LogP contribution in [0.5, 0.6) is 5.75 Å². The molecule has 2 aromatic rings.